The Kier molecular flexibility index (Phi) is 5.16. The fourth-order valence-corrected chi connectivity index (χ4v) is 5.49. The molecule has 0 spiro atoms. The number of thiophene rings is 2. The van der Waals surface area contributed by atoms with Crippen LogP contribution in [0.3, 0.4) is 0 Å². The molecule has 0 radical (unpaired) electrons. The highest BCUT2D eigenvalue weighted by molar-refractivity contribution is 7.19. The van der Waals surface area contributed by atoms with Crippen LogP contribution in [0.15, 0.2) is 77.9 Å². The molecular formula is C24H16FN3O2S2. The zero-order chi connectivity index (χ0) is 22.2. The van der Waals surface area contributed by atoms with Crippen LogP contribution in [0.1, 0.15) is 14.5 Å². The molecule has 158 valence electrons. The number of aryl methyl sites for hydroxylation is 1. The molecule has 0 bridgehead atoms. The number of benzene rings is 2. The monoisotopic (exact) mass is 461 g/mol. The summed E-state index contributed by atoms with van der Waals surface area (Å²) in [5.41, 5.74) is 4.44. The second-order valence-corrected chi connectivity index (χ2v) is 9.37. The predicted molar refractivity (Wildman–Crippen MR) is 127 cm³/mol. The van der Waals surface area contributed by atoms with Crippen molar-refractivity contribution in [3.63, 3.8) is 0 Å². The normalized spacial score (nSPS) is 11.1. The van der Waals surface area contributed by atoms with Crippen molar-refractivity contribution in [3.8, 4) is 21.6 Å². The number of amides is 1. The lowest BCUT2D eigenvalue weighted by atomic mass is 10.0. The SMILES string of the molecule is Cc1sc2ncn(NC(=O)c3ccc(-c4ccccc4F)s3)c(=O)c2c1-c1ccccc1. The third kappa shape index (κ3) is 3.53. The minimum Gasteiger partial charge on any atom is -0.267 e. The quantitative estimate of drug-likeness (QED) is 0.374. The van der Waals surface area contributed by atoms with Gasteiger partial charge >= 0.3 is 0 Å². The van der Waals surface area contributed by atoms with Gasteiger partial charge in [-0.1, -0.05) is 48.5 Å². The number of hydrogen-bond acceptors (Lipinski definition) is 5. The summed E-state index contributed by atoms with van der Waals surface area (Å²) in [6.07, 6.45) is 1.32. The molecule has 1 N–H and O–H groups in total. The molecule has 0 saturated carbocycles. The molecule has 0 aliphatic heterocycles. The molecule has 8 heteroatoms. The standard InChI is InChI=1S/C24H16FN3O2S2/c1-14-20(15-7-3-2-4-8-15)21-23(31-14)26-13-28(24(21)30)27-22(29)19-12-11-18(32-19)16-9-5-6-10-17(16)25/h2-13H,1H3,(H,27,29). The molecule has 1 amide bonds. The minimum atomic E-state index is -0.464. The van der Waals surface area contributed by atoms with Gasteiger partial charge in [0.25, 0.3) is 11.5 Å². The second kappa shape index (κ2) is 8.14. The van der Waals surface area contributed by atoms with Gasteiger partial charge in [-0.25, -0.2) is 14.1 Å². The van der Waals surface area contributed by atoms with Crippen LogP contribution in [0.25, 0.3) is 31.8 Å². The van der Waals surface area contributed by atoms with Crippen molar-refractivity contribution in [2.75, 3.05) is 5.43 Å². The smallest absolute Gasteiger partial charge is 0.267 e. The number of aromatic nitrogens is 2. The van der Waals surface area contributed by atoms with Gasteiger partial charge < -0.3 is 0 Å². The number of carbonyl (C=O) groups is 1. The van der Waals surface area contributed by atoms with Crippen molar-refractivity contribution in [3.05, 3.63) is 99.0 Å². The summed E-state index contributed by atoms with van der Waals surface area (Å²) in [6, 6.07) is 19.3. The molecule has 2 aromatic carbocycles. The van der Waals surface area contributed by atoms with Gasteiger partial charge in [-0.15, -0.1) is 22.7 Å². The Hall–Kier alpha value is -3.62. The lowest BCUT2D eigenvalue weighted by Gasteiger charge is -2.07. The van der Waals surface area contributed by atoms with E-state index in [0.29, 0.717) is 25.5 Å². The van der Waals surface area contributed by atoms with Crippen LogP contribution in [0.4, 0.5) is 4.39 Å². The summed E-state index contributed by atoms with van der Waals surface area (Å²) in [4.78, 5) is 33.0. The molecule has 3 aromatic heterocycles. The zero-order valence-corrected chi connectivity index (χ0v) is 18.5. The third-order valence-electron chi connectivity index (χ3n) is 5.04. The number of carbonyl (C=O) groups excluding carboxylic acids is 1. The molecule has 0 fully saturated rings. The van der Waals surface area contributed by atoms with Crippen LogP contribution in [-0.2, 0) is 0 Å². The van der Waals surface area contributed by atoms with Crippen molar-refractivity contribution in [1.29, 1.82) is 0 Å². The summed E-state index contributed by atoms with van der Waals surface area (Å²) in [5.74, 6) is -0.817. The highest BCUT2D eigenvalue weighted by Gasteiger charge is 2.18. The lowest BCUT2D eigenvalue weighted by molar-refractivity contribution is 0.101. The van der Waals surface area contributed by atoms with Gasteiger partial charge in [-0.3, -0.25) is 15.0 Å². The first kappa shape index (κ1) is 20.3. The van der Waals surface area contributed by atoms with Crippen molar-refractivity contribution in [2.24, 2.45) is 0 Å². The predicted octanol–water partition coefficient (Wildman–Crippen LogP) is 5.68. The van der Waals surface area contributed by atoms with Crippen LogP contribution in [0.2, 0.25) is 0 Å². The molecule has 32 heavy (non-hydrogen) atoms. The van der Waals surface area contributed by atoms with E-state index in [2.05, 4.69) is 10.4 Å². The van der Waals surface area contributed by atoms with Crippen LogP contribution < -0.4 is 11.0 Å². The molecule has 5 rings (SSSR count). The maximum absolute atomic E-state index is 14.1. The van der Waals surface area contributed by atoms with E-state index in [9.17, 15) is 14.0 Å². The largest absolute Gasteiger partial charge is 0.281 e. The van der Waals surface area contributed by atoms with E-state index in [0.717, 1.165) is 32.0 Å². The van der Waals surface area contributed by atoms with Gasteiger partial charge in [0, 0.05) is 20.9 Å². The first-order valence-electron chi connectivity index (χ1n) is 9.75. The number of fused-ring (bicyclic) bond motifs is 1. The number of nitrogens with one attached hydrogen (secondary N) is 1. The first-order chi connectivity index (χ1) is 15.5. The number of hydrogen-bond donors (Lipinski definition) is 1. The molecule has 0 saturated heterocycles. The van der Waals surface area contributed by atoms with Crippen LogP contribution >= 0.6 is 22.7 Å². The number of rotatable bonds is 4. The van der Waals surface area contributed by atoms with Gasteiger partial charge in [-0.2, -0.15) is 0 Å². The van der Waals surface area contributed by atoms with Gasteiger partial charge in [0.2, 0.25) is 0 Å². The Bertz CT molecular complexity index is 1520. The molecule has 0 atom stereocenters. The van der Waals surface area contributed by atoms with Gasteiger partial charge in [0.05, 0.1) is 10.3 Å². The van der Waals surface area contributed by atoms with Gasteiger partial charge in [0.1, 0.15) is 17.0 Å². The molecule has 3 heterocycles. The number of nitrogens with zero attached hydrogens (tertiary/aromatic N) is 2. The van der Waals surface area contributed by atoms with E-state index in [4.69, 9.17) is 0 Å². The lowest BCUT2D eigenvalue weighted by Crippen LogP contribution is -2.32. The first-order valence-corrected chi connectivity index (χ1v) is 11.4. The summed E-state index contributed by atoms with van der Waals surface area (Å²) in [5, 5.41) is 0.472. The highest BCUT2D eigenvalue weighted by atomic mass is 32.1. The van der Waals surface area contributed by atoms with E-state index >= 15 is 0 Å². The van der Waals surface area contributed by atoms with E-state index in [1.165, 1.54) is 23.7 Å². The van der Waals surface area contributed by atoms with Crippen LogP contribution in [-0.4, -0.2) is 15.6 Å². The summed E-state index contributed by atoms with van der Waals surface area (Å²) in [7, 11) is 0. The fraction of sp³-hybridized carbons (Fsp3) is 0.0417. The Morgan fingerprint density at radius 3 is 2.53 bits per heavy atom. The second-order valence-electron chi connectivity index (χ2n) is 7.08. The Morgan fingerprint density at radius 1 is 1.00 bits per heavy atom. The molecule has 0 aliphatic rings. The Morgan fingerprint density at radius 2 is 1.75 bits per heavy atom. The zero-order valence-electron chi connectivity index (χ0n) is 16.8. The molecule has 5 aromatic rings. The highest BCUT2D eigenvalue weighted by Crippen LogP contribution is 2.35. The maximum Gasteiger partial charge on any atom is 0.281 e. The maximum atomic E-state index is 14.1. The van der Waals surface area contributed by atoms with Crippen molar-refractivity contribution in [2.45, 2.75) is 6.92 Å². The fourth-order valence-electron chi connectivity index (χ4n) is 3.56. The van der Waals surface area contributed by atoms with E-state index in [1.54, 1.807) is 30.3 Å². The summed E-state index contributed by atoms with van der Waals surface area (Å²) < 4.78 is 15.2. The average molecular weight is 462 g/mol. The molecule has 5 nitrogen and oxygen atoms in total. The Labute approximate surface area is 190 Å². The van der Waals surface area contributed by atoms with E-state index < -0.39 is 5.91 Å². The topological polar surface area (TPSA) is 64.0 Å². The van der Waals surface area contributed by atoms with Gasteiger partial charge in [0.15, 0.2) is 0 Å². The number of halogens is 1. The summed E-state index contributed by atoms with van der Waals surface area (Å²) in [6.45, 7) is 1.95. The molecule has 0 unspecified atom stereocenters. The molecule has 0 aliphatic carbocycles. The van der Waals surface area contributed by atoms with Crippen LogP contribution in [0, 0.1) is 12.7 Å². The van der Waals surface area contributed by atoms with Crippen molar-refractivity contribution in [1.82, 2.24) is 9.66 Å². The Balaban J connectivity index is 1.50. The summed E-state index contributed by atoms with van der Waals surface area (Å²) >= 11 is 2.60. The van der Waals surface area contributed by atoms with Gasteiger partial charge in [-0.05, 0) is 30.7 Å². The third-order valence-corrected chi connectivity index (χ3v) is 7.17. The minimum absolute atomic E-state index is 0.350. The van der Waals surface area contributed by atoms with Crippen LogP contribution in [0.5, 0.6) is 0 Å². The van der Waals surface area contributed by atoms with Crippen molar-refractivity contribution >= 4 is 38.8 Å². The van der Waals surface area contributed by atoms with Crippen molar-refractivity contribution < 1.29 is 9.18 Å². The van der Waals surface area contributed by atoms with E-state index in [1.807, 2.05) is 37.3 Å². The average Bonchev–Trinajstić information content (AvgIpc) is 3.41. The van der Waals surface area contributed by atoms with E-state index in [-0.39, 0.29) is 11.4 Å². The molecular weight excluding hydrogens is 445 g/mol.